The van der Waals surface area contributed by atoms with E-state index in [1.54, 1.807) is 0 Å². The maximum absolute atomic E-state index is 12.2. The molecule has 0 spiro atoms. The van der Waals surface area contributed by atoms with Crippen LogP contribution in [-0.4, -0.2) is 42.1 Å². The standard InChI is InChI=1S/C17H32N2O2/c1-3-15-9-5-6-12-19(15)13-10-14-8-7-11-17(14,18)16(20)21-4-2/h14-15H,3-13,18H2,1-2H3. The number of piperidine rings is 1. The summed E-state index contributed by atoms with van der Waals surface area (Å²) >= 11 is 0. The first kappa shape index (κ1) is 16.8. The summed E-state index contributed by atoms with van der Waals surface area (Å²) in [6.45, 7) is 6.85. The molecule has 0 aromatic heterocycles. The van der Waals surface area contributed by atoms with Gasteiger partial charge in [-0.1, -0.05) is 19.8 Å². The van der Waals surface area contributed by atoms with Gasteiger partial charge in [-0.05, 0) is 64.5 Å². The molecule has 0 bridgehead atoms. The quantitative estimate of drug-likeness (QED) is 0.766. The van der Waals surface area contributed by atoms with Crippen LogP contribution in [0.3, 0.4) is 0 Å². The summed E-state index contributed by atoms with van der Waals surface area (Å²) in [4.78, 5) is 14.8. The summed E-state index contributed by atoms with van der Waals surface area (Å²) in [5, 5.41) is 0. The monoisotopic (exact) mass is 296 g/mol. The van der Waals surface area contributed by atoms with E-state index >= 15 is 0 Å². The van der Waals surface area contributed by atoms with Crippen LogP contribution in [0.1, 0.15) is 65.2 Å². The van der Waals surface area contributed by atoms with Crippen LogP contribution in [0.2, 0.25) is 0 Å². The zero-order chi connectivity index (χ0) is 15.3. The maximum atomic E-state index is 12.2. The third kappa shape index (κ3) is 3.78. The second-order valence-corrected chi connectivity index (χ2v) is 6.73. The fourth-order valence-electron chi connectivity index (χ4n) is 4.18. The molecule has 0 aromatic carbocycles. The predicted octanol–water partition coefficient (Wildman–Crippen LogP) is 2.70. The van der Waals surface area contributed by atoms with E-state index in [9.17, 15) is 4.79 Å². The fraction of sp³-hybridized carbons (Fsp3) is 0.941. The Morgan fingerprint density at radius 3 is 2.81 bits per heavy atom. The van der Waals surface area contributed by atoms with E-state index < -0.39 is 5.54 Å². The summed E-state index contributed by atoms with van der Waals surface area (Å²) < 4.78 is 5.22. The average molecular weight is 296 g/mol. The molecule has 2 N–H and O–H groups in total. The van der Waals surface area contributed by atoms with Gasteiger partial charge in [-0.3, -0.25) is 4.79 Å². The molecule has 2 fully saturated rings. The molecule has 2 rings (SSSR count). The van der Waals surface area contributed by atoms with E-state index in [2.05, 4.69) is 11.8 Å². The first-order valence-electron chi connectivity index (χ1n) is 8.82. The summed E-state index contributed by atoms with van der Waals surface area (Å²) in [5.74, 6) is 0.106. The van der Waals surface area contributed by atoms with Crippen LogP contribution in [0.15, 0.2) is 0 Å². The van der Waals surface area contributed by atoms with E-state index in [1.807, 2.05) is 6.92 Å². The highest BCUT2D eigenvalue weighted by Gasteiger charge is 2.46. The number of hydrogen-bond acceptors (Lipinski definition) is 4. The van der Waals surface area contributed by atoms with E-state index in [4.69, 9.17) is 10.5 Å². The molecule has 2 aliphatic rings. The van der Waals surface area contributed by atoms with Gasteiger partial charge in [0, 0.05) is 6.04 Å². The number of ether oxygens (including phenoxy) is 1. The normalized spacial score (nSPS) is 34.0. The van der Waals surface area contributed by atoms with Gasteiger partial charge in [0.1, 0.15) is 5.54 Å². The second-order valence-electron chi connectivity index (χ2n) is 6.73. The van der Waals surface area contributed by atoms with Gasteiger partial charge in [-0.15, -0.1) is 0 Å². The molecule has 1 aliphatic carbocycles. The number of nitrogens with two attached hydrogens (primary N) is 1. The van der Waals surface area contributed by atoms with Crippen molar-refractivity contribution < 1.29 is 9.53 Å². The summed E-state index contributed by atoms with van der Waals surface area (Å²) in [7, 11) is 0. The first-order valence-corrected chi connectivity index (χ1v) is 8.82. The molecule has 0 radical (unpaired) electrons. The number of likely N-dealkylation sites (tertiary alicyclic amines) is 1. The summed E-state index contributed by atoms with van der Waals surface area (Å²) in [6, 6.07) is 0.731. The minimum absolute atomic E-state index is 0.182. The zero-order valence-corrected chi connectivity index (χ0v) is 13.8. The van der Waals surface area contributed by atoms with Crippen molar-refractivity contribution in [3.05, 3.63) is 0 Å². The lowest BCUT2D eigenvalue weighted by Gasteiger charge is -2.37. The Kier molecular flexibility index (Phi) is 6.06. The molecule has 1 saturated heterocycles. The predicted molar refractivity (Wildman–Crippen MR) is 85.0 cm³/mol. The highest BCUT2D eigenvalue weighted by molar-refractivity contribution is 5.81. The largest absolute Gasteiger partial charge is 0.465 e. The van der Waals surface area contributed by atoms with Crippen LogP contribution >= 0.6 is 0 Å². The van der Waals surface area contributed by atoms with Crippen molar-refractivity contribution in [2.75, 3.05) is 19.7 Å². The van der Waals surface area contributed by atoms with Gasteiger partial charge >= 0.3 is 5.97 Å². The van der Waals surface area contributed by atoms with Crippen molar-refractivity contribution in [3.8, 4) is 0 Å². The molecule has 0 aromatic rings. The van der Waals surface area contributed by atoms with Crippen molar-refractivity contribution >= 4 is 5.97 Å². The minimum Gasteiger partial charge on any atom is -0.465 e. The molecular weight excluding hydrogens is 264 g/mol. The lowest BCUT2D eigenvalue weighted by molar-refractivity contribution is -0.151. The Balaban J connectivity index is 1.90. The number of nitrogens with zero attached hydrogens (tertiary/aromatic N) is 1. The Morgan fingerprint density at radius 1 is 1.29 bits per heavy atom. The van der Waals surface area contributed by atoms with E-state index in [1.165, 1.54) is 32.2 Å². The van der Waals surface area contributed by atoms with Crippen molar-refractivity contribution in [2.45, 2.75) is 76.8 Å². The van der Waals surface area contributed by atoms with E-state index in [0.29, 0.717) is 6.61 Å². The van der Waals surface area contributed by atoms with Gasteiger partial charge in [-0.25, -0.2) is 0 Å². The molecule has 122 valence electrons. The lowest BCUT2D eigenvalue weighted by Crippen LogP contribution is -2.53. The fourth-order valence-corrected chi connectivity index (χ4v) is 4.18. The number of carbonyl (C=O) groups is 1. The van der Waals surface area contributed by atoms with Gasteiger partial charge in [0.2, 0.25) is 0 Å². The molecule has 0 amide bonds. The third-order valence-corrected chi connectivity index (χ3v) is 5.51. The van der Waals surface area contributed by atoms with Crippen LogP contribution in [-0.2, 0) is 9.53 Å². The van der Waals surface area contributed by atoms with Crippen LogP contribution in [0.5, 0.6) is 0 Å². The van der Waals surface area contributed by atoms with Gasteiger partial charge in [0.05, 0.1) is 6.61 Å². The molecule has 4 heteroatoms. The van der Waals surface area contributed by atoms with Crippen LogP contribution in [0, 0.1) is 5.92 Å². The Morgan fingerprint density at radius 2 is 2.10 bits per heavy atom. The average Bonchev–Trinajstić information content (AvgIpc) is 2.88. The zero-order valence-electron chi connectivity index (χ0n) is 13.8. The Bertz CT molecular complexity index is 348. The molecular formula is C17H32N2O2. The van der Waals surface area contributed by atoms with Crippen molar-refractivity contribution in [1.82, 2.24) is 4.90 Å². The molecule has 3 unspecified atom stereocenters. The Hall–Kier alpha value is -0.610. The van der Waals surface area contributed by atoms with Crippen molar-refractivity contribution in [3.63, 3.8) is 0 Å². The highest BCUT2D eigenvalue weighted by atomic mass is 16.5. The number of rotatable bonds is 6. The van der Waals surface area contributed by atoms with E-state index in [-0.39, 0.29) is 11.9 Å². The highest BCUT2D eigenvalue weighted by Crippen LogP contribution is 2.37. The molecule has 1 aliphatic heterocycles. The molecule has 4 nitrogen and oxygen atoms in total. The SMILES string of the molecule is CCOC(=O)C1(N)CCCC1CCN1CCCCC1CC. The molecule has 1 saturated carbocycles. The van der Waals surface area contributed by atoms with Crippen molar-refractivity contribution in [1.29, 1.82) is 0 Å². The Labute approximate surface area is 129 Å². The number of hydrogen-bond donors (Lipinski definition) is 1. The van der Waals surface area contributed by atoms with E-state index in [0.717, 1.165) is 38.3 Å². The van der Waals surface area contributed by atoms with Crippen LogP contribution < -0.4 is 5.73 Å². The first-order chi connectivity index (χ1) is 10.1. The molecule has 21 heavy (non-hydrogen) atoms. The van der Waals surface area contributed by atoms with Gasteiger partial charge < -0.3 is 15.4 Å². The molecule has 1 heterocycles. The minimum atomic E-state index is -0.729. The van der Waals surface area contributed by atoms with Gasteiger partial charge in [-0.2, -0.15) is 0 Å². The van der Waals surface area contributed by atoms with Crippen LogP contribution in [0.4, 0.5) is 0 Å². The lowest BCUT2D eigenvalue weighted by atomic mass is 9.85. The second kappa shape index (κ2) is 7.59. The third-order valence-electron chi connectivity index (χ3n) is 5.51. The smallest absolute Gasteiger partial charge is 0.326 e. The summed E-state index contributed by atoms with van der Waals surface area (Å²) in [6.07, 6.45) is 9.18. The topological polar surface area (TPSA) is 55.6 Å². The van der Waals surface area contributed by atoms with Crippen molar-refractivity contribution in [2.24, 2.45) is 11.7 Å². The maximum Gasteiger partial charge on any atom is 0.326 e. The van der Waals surface area contributed by atoms with Crippen LogP contribution in [0.25, 0.3) is 0 Å². The van der Waals surface area contributed by atoms with Gasteiger partial charge in [0.25, 0.3) is 0 Å². The number of carbonyl (C=O) groups excluding carboxylic acids is 1. The van der Waals surface area contributed by atoms with Gasteiger partial charge in [0.15, 0.2) is 0 Å². The molecule has 3 atom stereocenters. The number of esters is 1. The summed E-state index contributed by atoms with van der Waals surface area (Å²) in [5.41, 5.74) is 5.69.